The molecule has 1 heterocycles. The molecule has 0 spiro atoms. The molecular formula is C14H14N2O2S. The molecule has 0 bridgehead atoms. The van der Waals surface area contributed by atoms with Crippen LogP contribution in [0.25, 0.3) is 0 Å². The van der Waals surface area contributed by atoms with Gasteiger partial charge in [-0.05, 0) is 24.3 Å². The monoisotopic (exact) mass is 274 g/mol. The van der Waals surface area contributed by atoms with Crippen molar-refractivity contribution in [1.29, 1.82) is 0 Å². The number of thiocarbonyl (C=S) groups is 1. The van der Waals surface area contributed by atoms with Gasteiger partial charge in [-0.2, -0.15) is 0 Å². The number of nitrogens with one attached hydrogen (secondary N) is 1. The molecule has 0 saturated carbocycles. The van der Waals surface area contributed by atoms with Crippen molar-refractivity contribution < 1.29 is 9.47 Å². The summed E-state index contributed by atoms with van der Waals surface area (Å²) in [4.78, 5) is 4.75. The van der Waals surface area contributed by atoms with Crippen LogP contribution in [0.4, 0.5) is 5.69 Å². The summed E-state index contributed by atoms with van der Waals surface area (Å²) in [5, 5.41) is 3.12. The first kappa shape index (κ1) is 13.3. The Labute approximate surface area is 117 Å². The molecule has 0 fully saturated rings. The highest BCUT2D eigenvalue weighted by molar-refractivity contribution is 7.81. The fourth-order valence-electron chi connectivity index (χ4n) is 1.61. The lowest BCUT2D eigenvalue weighted by molar-refractivity contribution is 0.355. The van der Waals surface area contributed by atoms with Crippen LogP contribution in [-0.2, 0) is 0 Å². The van der Waals surface area contributed by atoms with Gasteiger partial charge in [-0.1, -0.05) is 18.3 Å². The topological polar surface area (TPSA) is 43.4 Å². The Kier molecular flexibility index (Phi) is 4.30. The highest BCUT2D eigenvalue weighted by atomic mass is 32.1. The van der Waals surface area contributed by atoms with E-state index < -0.39 is 0 Å². The van der Waals surface area contributed by atoms with Gasteiger partial charge >= 0.3 is 0 Å². The van der Waals surface area contributed by atoms with Crippen molar-refractivity contribution in [2.24, 2.45) is 0 Å². The van der Waals surface area contributed by atoms with E-state index >= 15 is 0 Å². The van der Waals surface area contributed by atoms with Crippen LogP contribution in [0.2, 0.25) is 0 Å². The third-order valence-corrected chi connectivity index (χ3v) is 2.85. The highest BCUT2D eigenvalue weighted by Gasteiger charge is 2.07. The van der Waals surface area contributed by atoms with Crippen molar-refractivity contribution in [3.05, 3.63) is 48.3 Å². The van der Waals surface area contributed by atoms with Gasteiger partial charge in [0, 0.05) is 18.0 Å². The molecule has 98 valence electrons. The molecular weight excluding hydrogens is 260 g/mol. The Bertz CT molecular complexity index is 573. The smallest absolute Gasteiger partial charge is 0.162 e. The first-order valence-corrected chi connectivity index (χ1v) is 6.10. The fraction of sp³-hybridized carbons (Fsp3) is 0.143. The van der Waals surface area contributed by atoms with Crippen LogP contribution in [0.15, 0.2) is 42.6 Å². The normalized spacial score (nSPS) is 9.79. The van der Waals surface area contributed by atoms with Gasteiger partial charge in [0.25, 0.3) is 0 Å². The summed E-state index contributed by atoms with van der Waals surface area (Å²) in [6, 6.07) is 11.1. The Hall–Kier alpha value is -2.14. The zero-order chi connectivity index (χ0) is 13.7. The minimum atomic E-state index is 0.563. The van der Waals surface area contributed by atoms with Crippen LogP contribution in [0.5, 0.6) is 11.5 Å². The third-order valence-electron chi connectivity index (χ3n) is 2.54. The van der Waals surface area contributed by atoms with Crippen molar-refractivity contribution in [3.8, 4) is 11.5 Å². The Morgan fingerprint density at radius 2 is 1.89 bits per heavy atom. The van der Waals surface area contributed by atoms with Gasteiger partial charge in [-0.3, -0.25) is 4.98 Å². The largest absolute Gasteiger partial charge is 0.493 e. The number of anilines is 1. The molecule has 0 atom stereocenters. The maximum atomic E-state index is 5.30. The van der Waals surface area contributed by atoms with Crippen molar-refractivity contribution in [3.63, 3.8) is 0 Å². The van der Waals surface area contributed by atoms with Gasteiger partial charge in [0.15, 0.2) is 11.5 Å². The Morgan fingerprint density at radius 3 is 2.53 bits per heavy atom. The van der Waals surface area contributed by atoms with Gasteiger partial charge in [-0.15, -0.1) is 0 Å². The number of rotatable bonds is 4. The molecule has 2 aromatic rings. The summed E-state index contributed by atoms with van der Waals surface area (Å²) in [6.45, 7) is 0. The van der Waals surface area contributed by atoms with Crippen LogP contribution in [-0.4, -0.2) is 24.2 Å². The summed E-state index contributed by atoms with van der Waals surface area (Å²) in [6.07, 6.45) is 1.71. The molecule has 0 saturated heterocycles. The van der Waals surface area contributed by atoms with Crippen LogP contribution in [0, 0.1) is 0 Å². The summed E-state index contributed by atoms with van der Waals surface area (Å²) in [7, 11) is 3.20. The second-order valence-electron chi connectivity index (χ2n) is 3.74. The van der Waals surface area contributed by atoms with Crippen molar-refractivity contribution in [2.45, 2.75) is 0 Å². The van der Waals surface area contributed by atoms with Gasteiger partial charge in [0.2, 0.25) is 0 Å². The average Bonchev–Trinajstić information content (AvgIpc) is 2.48. The number of nitrogens with zero attached hydrogens (tertiary/aromatic N) is 1. The van der Waals surface area contributed by atoms with E-state index in [0.29, 0.717) is 16.5 Å². The van der Waals surface area contributed by atoms with E-state index in [4.69, 9.17) is 21.7 Å². The van der Waals surface area contributed by atoms with E-state index in [-0.39, 0.29) is 0 Å². The van der Waals surface area contributed by atoms with Gasteiger partial charge in [-0.25, -0.2) is 0 Å². The number of hydrogen-bond acceptors (Lipinski definition) is 4. The molecule has 0 amide bonds. The Morgan fingerprint density at radius 1 is 1.11 bits per heavy atom. The van der Waals surface area contributed by atoms with Crippen LogP contribution < -0.4 is 14.8 Å². The zero-order valence-electron chi connectivity index (χ0n) is 10.7. The van der Waals surface area contributed by atoms with E-state index in [1.165, 1.54) is 0 Å². The van der Waals surface area contributed by atoms with Crippen molar-refractivity contribution in [1.82, 2.24) is 4.98 Å². The lowest BCUT2D eigenvalue weighted by Gasteiger charge is -2.11. The maximum Gasteiger partial charge on any atom is 0.162 e. The first-order valence-electron chi connectivity index (χ1n) is 5.69. The molecule has 0 unspecified atom stereocenters. The zero-order valence-corrected chi connectivity index (χ0v) is 11.5. The van der Waals surface area contributed by atoms with Gasteiger partial charge in [0.05, 0.1) is 19.9 Å². The third kappa shape index (κ3) is 3.20. The van der Waals surface area contributed by atoms with Crippen LogP contribution >= 0.6 is 12.2 Å². The van der Waals surface area contributed by atoms with Crippen LogP contribution in [0.3, 0.4) is 0 Å². The molecule has 1 aromatic carbocycles. The predicted molar refractivity (Wildman–Crippen MR) is 79.1 cm³/mol. The summed E-state index contributed by atoms with van der Waals surface area (Å²) in [5.41, 5.74) is 1.56. The first-order chi connectivity index (χ1) is 9.24. The molecule has 4 nitrogen and oxygen atoms in total. The second-order valence-corrected chi connectivity index (χ2v) is 4.15. The molecule has 0 aliphatic heterocycles. The second kappa shape index (κ2) is 6.15. The quantitative estimate of drug-likeness (QED) is 0.868. The highest BCUT2D eigenvalue weighted by Crippen LogP contribution is 2.29. The van der Waals surface area contributed by atoms with E-state index in [2.05, 4.69) is 10.3 Å². The summed E-state index contributed by atoms with van der Waals surface area (Å²) < 4.78 is 10.4. The van der Waals surface area contributed by atoms with Crippen molar-refractivity contribution in [2.75, 3.05) is 19.5 Å². The number of methoxy groups -OCH3 is 2. The lowest BCUT2D eigenvalue weighted by atomic mass is 10.2. The van der Waals surface area contributed by atoms with E-state index in [1.54, 1.807) is 20.4 Å². The minimum absolute atomic E-state index is 0.563. The molecule has 1 aromatic heterocycles. The lowest BCUT2D eigenvalue weighted by Crippen LogP contribution is -2.12. The minimum Gasteiger partial charge on any atom is -0.493 e. The number of aromatic nitrogens is 1. The predicted octanol–water partition coefficient (Wildman–Crippen LogP) is 2.89. The average molecular weight is 274 g/mol. The van der Waals surface area contributed by atoms with Crippen LogP contribution in [0.1, 0.15) is 5.69 Å². The number of pyridine rings is 1. The van der Waals surface area contributed by atoms with E-state index in [9.17, 15) is 0 Å². The molecule has 2 rings (SSSR count). The standard InChI is InChI=1S/C14H14N2O2S/c1-17-12-7-6-10(9-13(12)18-2)16-14(19)11-5-3-4-8-15-11/h3-9H,1-2H3,(H,16,19). The van der Waals surface area contributed by atoms with E-state index in [1.807, 2.05) is 36.4 Å². The molecule has 5 heteroatoms. The number of ether oxygens (including phenoxy) is 2. The number of hydrogen-bond donors (Lipinski definition) is 1. The Balaban J connectivity index is 2.18. The van der Waals surface area contributed by atoms with Crippen molar-refractivity contribution >= 4 is 22.9 Å². The summed E-state index contributed by atoms with van der Waals surface area (Å²) >= 11 is 5.30. The molecule has 0 aliphatic rings. The summed E-state index contributed by atoms with van der Waals surface area (Å²) in [5.74, 6) is 1.33. The molecule has 0 aliphatic carbocycles. The molecule has 1 N–H and O–H groups in total. The van der Waals surface area contributed by atoms with E-state index in [0.717, 1.165) is 11.4 Å². The molecule has 0 radical (unpaired) electrons. The maximum absolute atomic E-state index is 5.30. The van der Waals surface area contributed by atoms with Gasteiger partial charge < -0.3 is 14.8 Å². The molecule has 19 heavy (non-hydrogen) atoms. The van der Waals surface area contributed by atoms with Gasteiger partial charge in [0.1, 0.15) is 4.99 Å². The SMILES string of the molecule is COc1ccc(NC(=S)c2ccccn2)cc1OC. The fourth-order valence-corrected chi connectivity index (χ4v) is 1.84. The number of benzene rings is 1.